The first-order valence-corrected chi connectivity index (χ1v) is 12.7. The van der Waals surface area contributed by atoms with Crippen LogP contribution >= 0.6 is 0 Å². The van der Waals surface area contributed by atoms with E-state index in [0.717, 1.165) is 16.7 Å². The minimum absolute atomic E-state index is 0.0980. The Hall–Kier alpha value is -3.49. The summed E-state index contributed by atoms with van der Waals surface area (Å²) < 4.78 is 29.3. The maximum absolute atomic E-state index is 12.7. The third-order valence-electron chi connectivity index (χ3n) is 7.40. The van der Waals surface area contributed by atoms with Crippen LogP contribution in [0.25, 0.3) is 0 Å². The van der Waals surface area contributed by atoms with Crippen molar-refractivity contribution >= 4 is 5.97 Å². The van der Waals surface area contributed by atoms with Gasteiger partial charge in [0.05, 0.1) is 31.7 Å². The lowest BCUT2D eigenvalue weighted by Gasteiger charge is -2.46. The van der Waals surface area contributed by atoms with Crippen LogP contribution < -0.4 is 0 Å². The first-order chi connectivity index (χ1) is 18.6. The van der Waals surface area contributed by atoms with Gasteiger partial charge in [-0.15, -0.1) is 0 Å². The van der Waals surface area contributed by atoms with Crippen LogP contribution in [0.15, 0.2) is 103 Å². The van der Waals surface area contributed by atoms with Crippen LogP contribution in [0.5, 0.6) is 0 Å². The van der Waals surface area contributed by atoms with Crippen LogP contribution in [-0.4, -0.2) is 50.6 Å². The molecular formula is C31H32O7. The van der Waals surface area contributed by atoms with E-state index in [4.69, 9.17) is 23.7 Å². The zero-order valence-electron chi connectivity index (χ0n) is 21.4. The highest BCUT2D eigenvalue weighted by atomic mass is 16.7. The van der Waals surface area contributed by atoms with E-state index in [1.54, 1.807) is 7.11 Å². The van der Waals surface area contributed by atoms with Gasteiger partial charge in [-0.2, -0.15) is 0 Å². The highest BCUT2D eigenvalue weighted by Crippen LogP contribution is 2.45. The molecule has 0 aromatic heterocycles. The third kappa shape index (κ3) is 4.86. The predicted molar refractivity (Wildman–Crippen MR) is 140 cm³/mol. The van der Waals surface area contributed by atoms with Gasteiger partial charge in [-0.25, -0.2) is 4.79 Å². The molecule has 2 heterocycles. The first kappa shape index (κ1) is 26.1. The lowest BCUT2D eigenvalue weighted by atomic mass is 9.76. The number of benzene rings is 3. The molecule has 5 atom stereocenters. The fraction of sp³-hybridized carbons (Fsp3) is 0.323. The van der Waals surface area contributed by atoms with Crippen molar-refractivity contribution in [1.29, 1.82) is 0 Å². The Morgan fingerprint density at radius 2 is 1.42 bits per heavy atom. The largest absolute Gasteiger partial charge is 0.472 e. The summed E-state index contributed by atoms with van der Waals surface area (Å²) in [6.07, 6.45) is -0.702. The van der Waals surface area contributed by atoms with Gasteiger partial charge >= 0.3 is 5.97 Å². The molecule has 1 fully saturated rings. The van der Waals surface area contributed by atoms with Crippen molar-refractivity contribution in [2.24, 2.45) is 11.8 Å². The third-order valence-corrected chi connectivity index (χ3v) is 7.40. The van der Waals surface area contributed by atoms with E-state index in [-0.39, 0.29) is 6.61 Å². The lowest BCUT2D eigenvalue weighted by Crippen LogP contribution is -2.52. The second kappa shape index (κ2) is 11.5. The molecule has 3 aromatic carbocycles. The van der Waals surface area contributed by atoms with Crippen molar-refractivity contribution in [2.75, 3.05) is 20.8 Å². The molecule has 1 N–H and O–H groups in total. The van der Waals surface area contributed by atoms with Crippen molar-refractivity contribution in [1.82, 2.24) is 0 Å². The van der Waals surface area contributed by atoms with E-state index in [9.17, 15) is 9.90 Å². The number of ether oxygens (including phenoxy) is 5. The molecule has 0 saturated carbocycles. The molecule has 0 radical (unpaired) electrons. The summed E-state index contributed by atoms with van der Waals surface area (Å²) in [5.74, 6) is -1.49. The molecule has 38 heavy (non-hydrogen) atoms. The minimum atomic E-state index is -1.11. The molecule has 2 aliphatic rings. The molecule has 3 aromatic rings. The van der Waals surface area contributed by atoms with E-state index >= 15 is 0 Å². The van der Waals surface area contributed by atoms with Gasteiger partial charge in [-0.05, 0) is 16.7 Å². The maximum atomic E-state index is 12.7. The van der Waals surface area contributed by atoms with Crippen LogP contribution in [0.1, 0.15) is 23.1 Å². The summed E-state index contributed by atoms with van der Waals surface area (Å²) in [7, 11) is 2.87. The standard InChI is InChI=1S/C31H32O7/c1-34-27-18-24-28(25(29(32)35-2)19-36-30(24)33)26(38-27)20-37-31(21-12-6-3-7-13-21,22-14-8-4-9-15-22)23-16-10-5-11-17-23/h3-17,19,24,26-28,30,33H,18,20H2,1-2H3/t24-,26+,27-,28+,30-/m0/s1. The summed E-state index contributed by atoms with van der Waals surface area (Å²) in [4.78, 5) is 12.7. The molecule has 0 amide bonds. The zero-order valence-corrected chi connectivity index (χ0v) is 21.4. The van der Waals surface area contributed by atoms with E-state index in [1.165, 1.54) is 13.4 Å². The molecule has 7 heteroatoms. The number of esters is 1. The van der Waals surface area contributed by atoms with E-state index in [0.29, 0.717) is 12.0 Å². The first-order valence-electron chi connectivity index (χ1n) is 12.7. The molecular weight excluding hydrogens is 484 g/mol. The number of carbonyl (C=O) groups is 1. The SMILES string of the molecule is COC(=O)C1=CO[C@H](O)[C@H]2C[C@@H](OC)O[C@H](COC(c3ccccc3)(c3ccccc3)c3ccccc3)[C@@H]12. The highest BCUT2D eigenvalue weighted by Gasteiger charge is 2.50. The fourth-order valence-corrected chi connectivity index (χ4v) is 5.60. The van der Waals surface area contributed by atoms with Gasteiger partial charge in [0, 0.05) is 25.4 Å². The molecule has 0 bridgehead atoms. The van der Waals surface area contributed by atoms with E-state index in [2.05, 4.69) is 0 Å². The molecule has 0 spiro atoms. The second-order valence-electron chi connectivity index (χ2n) is 9.45. The number of fused-ring (bicyclic) bond motifs is 1. The van der Waals surface area contributed by atoms with Gasteiger partial charge in [0.25, 0.3) is 0 Å². The summed E-state index contributed by atoms with van der Waals surface area (Å²) in [5.41, 5.74) is 2.17. The number of methoxy groups -OCH3 is 2. The van der Waals surface area contributed by atoms with Gasteiger partial charge in [0.1, 0.15) is 5.60 Å². The average molecular weight is 517 g/mol. The van der Waals surface area contributed by atoms with Crippen LogP contribution in [0.4, 0.5) is 0 Å². The summed E-state index contributed by atoms with van der Waals surface area (Å²) in [5, 5.41) is 10.7. The summed E-state index contributed by atoms with van der Waals surface area (Å²) in [6, 6.07) is 30.1. The van der Waals surface area contributed by atoms with Gasteiger partial charge in [-0.3, -0.25) is 0 Å². The number of aliphatic hydroxyl groups excluding tert-OH is 1. The molecule has 0 aliphatic carbocycles. The minimum Gasteiger partial charge on any atom is -0.472 e. The number of carbonyl (C=O) groups excluding carboxylic acids is 1. The van der Waals surface area contributed by atoms with Gasteiger partial charge < -0.3 is 28.8 Å². The monoisotopic (exact) mass is 516 g/mol. The maximum Gasteiger partial charge on any atom is 0.337 e. The molecule has 1 saturated heterocycles. The number of rotatable bonds is 8. The Morgan fingerprint density at radius 1 is 0.895 bits per heavy atom. The fourth-order valence-electron chi connectivity index (χ4n) is 5.60. The van der Waals surface area contributed by atoms with Crippen LogP contribution in [-0.2, 0) is 34.1 Å². The van der Waals surface area contributed by atoms with Gasteiger partial charge in [0.2, 0.25) is 0 Å². The highest BCUT2D eigenvalue weighted by molar-refractivity contribution is 5.89. The lowest BCUT2D eigenvalue weighted by molar-refractivity contribution is -0.258. The Kier molecular flexibility index (Phi) is 7.90. The molecule has 7 nitrogen and oxygen atoms in total. The average Bonchev–Trinajstić information content (AvgIpc) is 2.99. The quantitative estimate of drug-likeness (QED) is 0.351. The Bertz CT molecular complexity index is 1130. The van der Waals surface area contributed by atoms with E-state index < -0.39 is 42.1 Å². The molecule has 2 aliphatic heterocycles. The Labute approximate surface area is 222 Å². The number of hydrogen-bond donors (Lipinski definition) is 1. The summed E-state index contributed by atoms with van der Waals surface area (Å²) >= 11 is 0. The van der Waals surface area contributed by atoms with Crippen molar-refractivity contribution in [3.63, 3.8) is 0 Å². The molecule has 198 valence electrons. The van der Waals surface area contributed by atoms with Gasteiger partial charge in [-0.1, -0.05) is 91.0 Å². The van der Waals surface area contributed by atoms with Crippen molar-refractivity contribution < 1.29 is 33.6 Å². The summed E-state index contributed by atoms with van der Waals surface area (Å²) in [6.45, 7) is 0.0980. The van der Waals surface area contributed by atoms with Crippen molar-refractivity contribution in [3.05, 3.63) is 120 Å². The van der Waals surface area contributed by atoms with Crippen LogP contribution in [0, 0.1) is 11.8 Å². The molecule has 5 rings (SSSR count). The van der Waals surface area contributed by atoms with Gasteiger partial charge in [0.15, 0.2) is 12.6 Å². The Morgan fingerprint density at radius 3 is 1.89 bits per heavy atom. The van der Waals surface area contributed by atoms with Crippen LogP contribution in [0.3, 0.4) is 0 Å². The Balaban J connectivity index is 1.59. The van der Waals surface area contributed by atoms with E-state index in [1.807, 2.05) is 91.0 Å². The zero-order chi connectivity index (χ0) is 26.5. The second-order valence-corrected chi connectivity index (χ2v) is 9.45. The van der Waals surface area contributed by atoms with Crippen molar-refractivity contribution in [3.8, 4) is 0 Å². The topological polar surface area (TPSA) is 83.5 Å². The predicted octanol–water partition coefficient (Wildman–Crippen LogP) is 4.39. The van der Waals surface area contributed by atoms with Crippen LogP contribution in [0.2, 0.25) is 0 Å². The normalized spacial score (nSPS) is 25.0. The smallest absolute Gasteiger partial charge is 0.337 e. The van der Waals surface area contributed by atoms with Crippen molar-refractivity contribution in [2.45, 2.75) is 30.7 Å². The number of hydrogen-bond acceptors (Lipinski definition) is 7. The number of aliphatic hydroxyl groups is 1. The molecule has 0 unspecified atom stereocenters.